The number of pyridine rings is 1. The van der Waals surface area contributed by atoms with Crippen LogP contribution in [-0.4, -0.2) is 53.0 Å². The lowest BCUT2D eigenvalue weighted by molar-refractivity contribution is 0.140. The van der Waals surface area contributed by atoms with Gasteiger partial charge in [0, 0.05) is 51.2 Å². The van der Waals surface area contributed by atoms with Crippen molar-refractivity contribution in [2.24, 2.45) is 5.92 Å². The highest BCUT2D eigenvalue weighted by molar-refractivity contribution is 5.74. The molecule has 2 amide bonds. The Hall–Kier alpha value is -2.40. The molecule has 0 saturated carbocycles. The lowest BCUT2D eigenvalue weighted by Crippen LogP contribution is -2.51. The third-order valence-corrected chi connectivity index (χ3v) is 5.71. The summed E-state index contributed by atoms with van der Waals surface area (Å²) >= 11 is 0. The van der Waals surface area contributed by atoms with Crippen LogP contribution in [0.3, 0.4) is 0 Å². The standard InChI is InChI=1S/C22H28N4O/c27-22(24-12-10-18-5-2-1-3-6-18)26-16-20-8-9-21(26)17-25(15-20)14-19-7-4-11-23-13-19/h1-7,11,13,20-21H,8-10,12,14-17H2,(H,24,27)/t20-,21+/m0/s1. The maximum atomic E-state index is 12.8. The Morgan fingerprint density at radius 2 is 1.89 bits per heavy atom. The smallest absolute Gasteiger partial charge is 0.317 e. The number of nitrogens with one attached hydrogen (secondary N) is 1. The van der Waals surface area contributed by atoms with E-state index < -0.39 is 0 Å². The summed E-state index contributed by atoms with van der Waals surface area (Å²) in [6, 6.07) is 14.9. The van der Waals surface area contributed by atoms with Gasteiger partial charge in [0.15, 0.2) is 0 Å². The predicted octanol–water partition coefficient (Wildman–Crippen LogP) is 2.93. The number of benzene rings is 1. The van der Waals surface area contributed by atoms with Crippen molar-refractivity contribution < 1.29 is 4.79 Å². The quantitative estimate of drug-likeness (QED) is 0.887. The van der Waals surface area contributed by atoms with Gasteiger partial charge in [0.2, 0.25) is 0 Å². The average Bonchev–Trinajstić information content (AvgIpc) is 3.00. The molecule has 3 fully saturated rings. The number of carbonyl (C=O) groups excluding carboxylic acids is 1. The zero-order valence-corrected chi connectivity index (χ0v) is 15.8. The number of hydrogen-bond donors (Lipinski definition) is 1. The molecule has 1 aromatic carbocycles. The first-order valence-corrected chi connectivity index (χ1v) is 9.97. The molecule has 5 nitrogen and oxygen atoms in total. The van der Waals surface area contributed by atoms with Crippen LogP contribution in [0.4, 0.5) is 4.79 Å². The van der Waals surface area contributed by atoms with Gasteiger partial charge in [-0.3, -0.25) is 9.88 Å². The molecule has 0 radical (unpaired) electrons. The lowest BCUT2D eigenvalue weighted by Gasteiger charge is -2.36. The third kappa shape index (κ3) is 4.66. The van der Waals surface area contributed by atoms with Gasteiger partial charge in [-0.25, -0.2) is 4.79 Å². The molecule has 3 saturated heterocycles. The molecule has 5 rings (SSSR count). The van der Waals surface area contributed by atoms with E-state index in [0.29, 0.717) is 18.5 Å². The molecular weight excluding hydrogens is 336 g/mol. The number of piperidine rings is 1. The number of urea groups is 1. The van der Waals surface area contributed by atoms with E-state index in [-0.39, 0.29) is 6.03 Å². The van der Waals surface area contributed by atoms with Gasteiger partial charge in [0.05, 0.1) is 0 Å². The van der Waals surface area contributed by atoms with Gasteiger partial charge < -0.3 is 10.2 Å². The summed E-state index contributed by atoms with van der Waals surface area (Å²) < 4.78 is 0. The maximum absolute atomic E-state index is 12.8. The van der Waals surface area contributed by atoms with Gasteiger partial charge in [0.1, 0.15) is 0 Å². The molecule has 0 spiro atoms. The molecule has 3 aliphatic heterocycles. The lowest BCUT2D eigenvalue weighted by atomic mass is 9.95. The fourth-order valence-corrected chi connectivity index (χ4v) is 4.37. The van der Waals surface area contributed by atoms with Gasteiger partial charge in [-0.15, -0.1) is 0 Å². The molecule has 0 aliphatic carbocycles. The van der Waals surface area contributed by atoms with E-state index in [1.54, 1.807) is 0 Å². The highest BCUT2D eigenvalue weighted by Gasteiger charge is 2.37. The summed E-state index contributed by atoms with van der Waals surface area (Å²) in [5, 5.41) is 3.14. The Morgan fingerprint density at radius 3 is 2.70 bits per heavy atom. The number of carbonyl (C=O) groups is 1. The highest BCUT2D eigenvalue weighted by Crippen LogP contribution is 2.28. The molecule has 2 atom stereocenters. The van der Waals surface area contributed by atoms with Crippen LogP contribution >= 0.6 is 0 Å². The van der Waals surface area contributed by atoms with Crippen LogP contribution in [0.5, 0.6) is 0 Å². The summed E-state index contributed by atoms with van der Waals surface area (Å²) in [6.07, 6.45) is 6.97. The molecule has 142 valence electrons. The molecule has 5 heteroatoms. The second-order valence-electron chi connectivity index (χ2n) is 7.77. The normalized spacial score (nSPS) is 22.4. The van der Waals surface area contributed by atoms with E-state index in [1.807, 2.05) is 36.7 Å². The van der Waals surface area contributed by atoms with Crippen LogP contribution in [0.2, 0.25) is 0 Å². The van der Waals surface area contributed by atoms with Crippen molar-refractivity contribution in [3.8, 4) is 0 Å². The second-order valence-corrected chi connectivity index (χ2v) is 7.77. The van der Waals surface area contributed by atoms with Gasteiger partial charge >= 0.3 is 6.03 Å². The van der Waals surface area contributed by atoms with Crippen LogP contribution < -0.4 is 5.32 Å². The molecule has 1 N–H and O–H groups in total. The van der Waals surface area contributed by atoms with E-state index in [1.165, 1.54) is 17.5 Å². The van der Waals surface area contributed by atoms with Crippen molar-refractivity contribution >= 4 is 6.03 Å². The minimum Gasteiger partial charge on any atom is -0.338 e. The zero-order chi connectivity index (χ0) is 18.5. The van der Waals surface area contributed by atoms with Crippen LogP contribution in [0.1, 0.15) is 24.0 Å². The first-order chi connectivity index (χ1) is 13.3. The summed E-state index contributed by atoms with van der Waals surface area (Å²) in [4.78, 5) is 21.6. The monoisotopic (exact) mass is 364 g/mol. The summed E-state index contributed by atoms with van der Waals surface area (Å²) in [6.45, 7) is 4.52. The number of aromatic nitrogens is 1. The minimum absolute atomic E-state index is 0.101. The maximum Gasteiger partial charge on any atom is 0.317 e. The number of amides is 2. The Labute approximate surface area is 161 Å². The Morgan fingerprint density at radius 1 is 1.04 bits per heavy atom. The third-order valence-electron chi connectivity index (χ3n) is 5.71. The van der Waals surface area contributed by atoms with Crippen LogP contribution in [0.15, 0.2) is 54.9 Å². The zero-order valence-electron chi connectivity index (χ0n) is 15.8. The fraction of sp³-hybridized carbons (Fsp3) is 0.455. The van der Waals surface area contributed by atoms with Gasteiger partial charge in [-0.05, 0) is 42.4 Å². The Kier molecular flexibility index (Phi) is 5.68. The van der Waals surface area contributed by atoms with Crippen LogP contribution in [0, 0.1) is 5.92 Å². The number of rotatable bonds is 5. The minimum atomic E-state index is 0.101. The molecule has 4 heterocycles. The Bertz CT molecular complexity index is 736. The van der Waals surface area contributed by atoms with Crippen molar-refractivity contribution in [2.45, 2.75) is 31.8 Å². The average molecular weight is 364 g/mol. The topological polar surface area (TPSA) is 48.5 Å². The summed E-state index contributed by atoms with van der Waals surface area (Å²) in [5.74, 6) is 0.570. The Balaban J connectivity index is 1.32. The van der Waals surface area contributed by atoms with Crippen LogP contribution in [-0.2, 0) is 13.0 Å². The number of hydrogen-bond acceptors (Lipinski definition) is 3. The van der Waals surface area contributed by atoms with Gasteiger partial charge in [-0.1, -0.05) is 36.4 Å². The van der Waals surface area contributed by atoms with E-state index in [4.69, 9.17) is 0 Å². The number of nitrogens with zero attached hydrogens (tertiary/aromatic N) is 3. The predicted molar refractivity (Wildman–Crippen MR) is 106 cm³/mol. The van der Waals surface area contributed by atoms with Crippen molar-refractivity contribution in [1.29, 1.82) is 0 Å². The van der Waals surface area contributed by atoms with Gasteiger partial charge in [0.25, 0.3) is 0 Å². The molecule has 2 bridgehead atoms. The van der Waals surface area contributed by atoms with E-state index in [2.05, 4.69) is 38.3 Å². The van der Waals surface area contributed by atoms with Gasteiger partial charge in [-0.2, -0.15) is 0 Å². The largest absolute Gasteiger partial charge is 0.338 e. The molecular formula is C22H28N4O. The molecule has 0 unspecified atom stereocenters. The molecule has 2 aromatic rings. The molecule has 27 heavy (non-hydrogen) atoms. The first kappa shape index (κ1) is 18.0. The first-order valence-electron chi connectivity index (χ1n) is 9.97. The highest BCUT2D eigenvalue weighted by atomic mass is 16.2. The molecule has 3 aliphatic rings. The second kappa shape index (κ2) is 8.53. The van der Waals surface area contributed by atoms with Crippen molar-refractivity contribution in [1.82, 2.24) is 20.1 Å². The summed E-state index contributed by atoms with van der Waals surface area (Å²) in [7, 11) is 0. The fourth-order valence-electron chi connectivity index (χ4n) is 4.37. The van der Waals surface area contributed by atoms with Crippen molar-refractivity contribution in [3.63, 3.8) is 0 Å². The number of fused-ring (bicyclic) bond motifs is 4. The summed E-state index contributed by atoms with van der Waals surface area (Å²) in [5.41, 5.74) is 2.51. The van der Waals surface area contributed by atoms with E-state index in [9.17, 15) is 4.79 Å². The van der Waals surface area contributed by atoms with E-state index in [0.717, 1.165) is 39.0 Å². The van der Waals surface area contributed by atoms with E-state index >= 15 is 0 Å². The molecule has 1 aromatic heterocycles. The van der Waals surface area contributed by atoms with Crippen LogP contribution in [0.25, 0.3) is 0 Å². The SMILES string of the molecule is O=C(NCCc1ccccc1)N1C[C@H]2CC[C@@H]1CN(Cc1cccnc1)C2. The van der Waals surface area contributed by atoms with Crippen molar-refractivity contribution in [3.05, 3.63) is 66.0 Å². The van der Waals surface area contributed by atoms with Crippen molar-refractivity contribution in [2.75, 3.05) is 26.2 Å².